The molecule has 6 nitrogen and oxygen atoms in total. The van der Waals surface area contributed by atoms with E-state index in [1.807, 2.05) is 12.1 Å². The Labute approximate surface area is 162 Å². The van der Waals surface area contributed by atoms with Gasteiger partial charge in [0.05, 0.1) is 11.2 Å². The molecule has 1 amide bonds. The zero-order valence-corrected chi connectivity index (χ0v) is 15.9. The lowest BCUT2D eigenvalue weighted by Crippen LogP contribution is -2.26. The maximum atomic E-state index is 12.5. The summed E-state index contributed by atoms with van der Waals surface area (Å²) in [5, 5.41) is 4.33. The molecule has 0 atom stereocenters. The van der Waals surface area contributed by atoms with Gasteiger partial charge < -0.3 is 14.2 Å². The summed E-state index contributed by atoms with van der Waals surface area (Å²) in [7, 11) is 1.73. The SMILES string of the molecule is CCc1ccc(CN(C)C(=O)c2cc(COc3cncc(Cl)c3)on2)cc1. The summed E-state index contributed by atoms with van der Waals surface area (Å²) >= 11 is 5.86. The van der Waals surface area contributed by atoms with Gasteiger partial charge in [-0.05, 0) is 17.5 Å². The molecule has 0 unspecified atom stereocenters. The van der Waals surface area contributed by atoms with Crippen LogP contribution in [0.15, 0.2) is 53.3 Å². The Kier molecular flexibility index (Phi) is 6.08. The highest BCUT2D eigenvalue weighted by Gasteiger charge is 2.17. The van der Waals surface area contributed by atoms with E-state index in [2.05, 4.69) is 29.2 Å². The minimum Gasteiger partial charge on any atom is -0.484 e. The highest BCUT2D eigenvalue weighted by atomic mass is 35.5. The lowest BCUT2D eigenvalue weighted by Gasteiger charge is -2.15. The van der Waals surface area contributed by atoms with Crippen LogP contribution < -0.4 is 4.74 Å². The van der Waals surface area contributed by atoms with Crippen LogP contribution in [0.4, 0.5) is 0 Å². The largest absolute Gasteiger partial charge is 0.484 e. The van der Waals surface area contributed by atoms with Crippen molar-refractivity contribution in [3.63, 3.8) is 0 Å². The third-order valence-corrected chi connectivity index (χ3v) is 4.24. The van der Waals surface area contributed by atoms with Crippen molar-refractivity contribution in [3.8, 4) is 5.75 Å². The summed E-state index contributed by atoms with van der Waals surface area (Å²) in [6.07, 6.45) is 4.06. The fourth-order valence-corrected chi connectivity index (χ4v) is 2.69. The highest BCUT2D eigenvalue weighted by Crippen LogP contribution is 2.17. The molecule has 2 heterocycles. The molecule has 140 valence electrons. The first kappa shape index (κ1) is 18.9. The number of aryl methyl sites for hydroxylation is 1. The number of pyridine rings is 1. The Hall–Kier alpha value is -2.86. The first-order valence-corrected chi connectivity index (χ1v) is 8.95. The first-order chi connectivity index (χ1) is 13.0. The Morgan fingerprint density at radius 3 is 2.63 bits per heavy atom. The number of ether oxygens (including phenoxy) is 1. The van der Waals surface area contributed by atoms with Crippen LogP contribution in [0.1, 0.15) is 34.3 Å². The molecule has 0 aliphatic rings. The van der Waals surface area contributed by atoms with Crippen molar-refractivity contribution < 1.29 is 14.1 Å². The van der Waals surface area contributed by atoms with Gasteiger partial charge in [-0.15, -0.1) is 0 Å². The van der Waals surface area contributed by atoms with Crippen LogP contribution in [0.2, 0.25) is 5.02 Å². The van der Waals surface area contributed by atoms with Gasteiger partial charge in [-0.3, -0.25) is 9.78 Å². The summed E-state index contributed by atoms with van der Waals surface area (Å²) < 4.78 is 10.7. The molecule has 3 rings (SSSR count). The average molecular weight is 386 g/mol. The fourth-order valence-electron chi connectivity index (χ4n) is 2.53. The molecule has 0 bridgehead atoms. The second-order valence-corrected chi connectivity index (χ2v) is 6.57. The van der Waals surface area contributed by atoms with Crippen molar-refractivity contribution in [3.05, 3.63) is 76.4 Å². The van der Waals surface area contributed by atoms with E-state index in [9.17, 15) is 4.79 Å². The van der Waals surface area contributed by atoms with E-state index in [1.165, 1.54) is 11.8 Å². The third-order valence-electron chi connectivity index (χ3n) is 4.04. The summed E-state index contributed by atoms with van der Waals surface area (Å²) in [5.41, 5.74) is 2.57. The van der Waals surface area contributed by atoms with Gasteiger partial charge in [0.1, 0.15) is 12.4 Å². The molecule has 2 aromatic heterocycles. The van der Waals surface area contributed by atoms with E-state index < -0.39 is 0 Å². The zero-order valence-electron chi connectivity index (χ0n) is 15.2. The van der Waals surface area contributed by atoms with E-state index in [0.29, 0.717) is 23.1 Å². The smallest absolute Gasteiger partial charge is 0.276 e. The van der Waals surface area contributed by atoms with Crippen molar-refractivity contribution in [1.29, 1.82) is 0 Å². The van der Waals surface area contributed by atoms with Crippen molar-refractivity contribution in [2.24, 2.45) is 0 Å². The quantitative estimate of drug-likeness (QED) is 0.611. The molecule has 0 aliphatic carbocycles. The van der Waals surface area contributed by atoms with E-state index in [0.717, 1.165) is 12.0 Å². The van der Waals surface area contributed by atoms with Crippen LogP contribution in [0, 0.1) is 0 Å². The second-order valence-electron chi connectivity index (χ2n) is 6.14. The molecule has 3 aromatic rings. The standard InChI is InChI=1S/C20H20ClN3O3/c1-3-14-4-6-15(7-5-14)12-24(2)20(25)19-9-18(27-23-19)13-26-17-8-16(21)10-22-11-17/h4-11H,3,12-13H2,1-2H3. The molecule has 27 heavy (non-hydrogen) atoms. The number of carbonyl (C=O) groups excluding carboxylic acids is 1. The minimum absolute atomic E-state index is 0.129. The van der Waals surface area contributed by atoms with Gasteiger partial charge in [0, 0.05) is 31.9 Å². The van der Waals surface area contributed by atoms with Crippen molar-refractivity contribution in [1.82, 2.24) is 15.0 Å². The topological polar surface area (TPSA) is 68.5 Å². The number of hydrogen-bond donors (Lipinski definition) is 0. The van der Waals surface area contributed by atoms with Crippen LogP contribution in [-0.4, -0.2) is 28.0 Å². The summed E-state index contributed by atoms with van der Waals surface area (Å²) in [6.45, 7) is 2.74. The van der Waals surface area contributed by atoms with Crippen molar-refractivity contribution >= 4 is 17.5 Å². The number of carbonyl (C=O) groups is 1. The summed E-state index contributed by atoms with van der Waals surface area (Å²) in [4.78, 5) is 18.1. The number of halogens is 1. The predicted molar refractivity (Wildman–Crippen MR) is 102 cm³/mol. The normalized spacial score (nSPS) is 10.6. The van der Waals surface area contributed by atoms with Gasteiger partial charge in [-0.2, -0.15) is 0 Å². The van der Waals surface area contributed by atoms with E-state index in [-0.39, 0.29) is 18.2 Å². The number of hydrogen-bond acceptors (Lipinski definition) is 5. The zero-order chi connectivity index (χ0) is 19.2. The van der Waals surface area contributed by atoms with Crippen LogP contribution in [0.5, 0.6) is 5.75 Å². The molecule has 0 N–H and O–H groups in total. The molecular weight excluding hydrogens is 366 g/mol. The number of rotatable bonds is 7. The molecule has 1 aromatic carbocycles. The molecule has 0 saturated heterocycles. The fraction of sp³-hybridized carbons (Fsp3) is 0.250. The summed E-state index contributed by atoms with van der Waals surface area (Å²) in [6, 6.07) is 11.4. The van der Waals surface area contributed by atoms with E-state index >= 15 is 0 Å². The lowest BCUT2D eigenvalue weighted by molar-refractivity contribution is 0.0774. The molecule has 0 spiro atoms. The minimum atomic E-state index is -0.214. The predicted octanol–water partition coefficient (Wildman–Crippen LogP) is 4.14. The molecular formula is C20H20ClN3O3. The Morgan fingerprint density at radius 1 is 1.19 bits per heavy atom. The third kappa shape index (κ3) is 5.08. The number of nitrogens with zero attached hydrogens (tertiary/aromatic N) is 3. The van der Waals surface area contributed by atoms with Crippen molar-refractivity contribution in [2.75, 3.05) is 7.05 Å². The monoisotopic (exact) mass is 385 g/mol. The molecule has 0 aliphatic heterocycles. The number of amides is 1. The number of benzene rings is 1. The first-order valence-electron chi connectivity index (χ1n) is 8.57. The van der Waals surface area contributed by atoms with Gasteiger partial charge >= 0.3 is 0 Å². The molecule has 0 saturated carbocycles. The Morgan fingerprint density at radius 2 is 1.93 bits per heavy atom. The van der Waals surface area contributed by atoms with E-state index in [4.69, 9.17) is 20.9 Å². The number of aromatic nitrogens is 2. The Balaban J connectivity index is 1.58. The van der Waals surface area contributed by atoms with Crippen LogP contribution >= 0.6 is 11.6 Å². The average Bonchev–Trinajstić information content (AvgIpc) is 3.15. The van der Waals surface area contributed by atoms with Gasteiger partial charge in [-0.1, -0.05) is 47.9 Å². The van der Waals surface area contributed by atoms with Crippen LogP contribution in [0.3, 0.4) is 0 Å². The Bertz CT molecular complexity index is 909. The molecule has 0 radical (unpaired) electrons. The van der Waals surface area contributed by atoms with Crippen LogP contribution in [-0.2, 0) is 19.6 Å². The van der Waals surface area contributed by atoms with Gasteiger partial charge in [0.15, 0.2) is 11.5 Å². The van der Waals surface area contributed by atoms with Gasteiger partial charge in [-0.25, -0.2) is 0 Å². The van der Waals surface area contributed by atoms with E-state index in [1.54, 1.807) is 30.3 Å². The second kappa shape index (κ2) is 8.68. The van der Waals surface area contributed by atoms with Crippen molar-refractivity contribution in [2.45, 2.75) is 26.5 Å². The summed E-state index contributed by atoms with van der Waals surface area (Å²) in [5.74, 6) is 0.743. The van der Waals surface area contributed by atoms with Gasteiger partial charge in [0.25, 0.3) is 5.91 Å². The maximum Gasteiger partial charge on any atom is 0.276 e. The van der Waals surface area contributed by atoms with Gasteiger partial charge in [0.2, 0.25) is 0 Å². The lowest BCUT2D eigenvalue weighted by atomic mass is 10.1. The molecule has 7 heteroatoms. The van der Waals surface area contributed by atoms with Crippen LogP contribution in [0.25, 0.3) is 0 Å². The molecule has 0 fully saturated rings. The maximum absolute atomic E-state index is 12.5. The highest BCUT2D eigenvalue weighted by molar-refractivity contribution is 6.30.